The van der Waals surface area contributed by atoms with E-state index in [9.17, 15) is 0 Å². The maximum absolute atomic E-state index is 5.78. The molecule has 0 radical (unpaired) electrons. The molecule has 0 saturated carbocycles. The van der Waals surface area contributed by atoms with Crippen molar-refractivity contribution in [3.63, 3.8) is 0 Å². The minimum absolute atomic E-state index is 0.221. The van der Waals surface area contributed by atoms with Crippen molar-refractivity contribution in [1.82, 2.24) is 0 Å². The van der Waals surface area contributed by atoms with Crippen molar-refractivity contribution in [2.45, 2.75) is 32.9 Å². The first-order valence-corrected chi connectivity index (χ1v) is 6.80. The van der Waals surface area contributed by atoms with E-state index in [1.165, 1.54) is 0 Å². The summed E-state index contributed by atoms with van der Waals surface area (Å²) in [6.07, 6.45) is 1.21. The van der Waals surface area contributed by atoms with Crippen LogP contribution in [0.2, 0.25) is 5.22 Å². The Balaban J connectivity index is 1.95. The summed E-state index contributed by atoms with van der Waals surface area (Å²) in [6, 6.07) is 11.5. The van der Waals surface area contributed by atoms with Crippen LogP contribution in [-0.2, 0) is 6.54 Å². The van der Waals surface area contributed by atoms with Crippen LogP contribution >= 0.6 is 11.6 Å². The highest BCUT2D eigenvalue weighted by Crippen LogP contribution is 2.20. The number of anilines is 1. The van der Waals surface area contributed by atoms with Gasteiger partial charge in [-0.2, -0.15) is 0 Å². The molecule has 1 unspecified atom stereocenters. The van der Waals surface area contributed by atoms with Gasteiger partial charge in [0.1, 0.15) is 11.5 Å². The van der Waals surface area contributed by atoms with Crippen molar-refractivity contribution in [3.05, 3.63) is 47.4 Å². The minimum Gasteiger partial charge on any atom is -0.491 e. The summed E-state index contributed by atoms with van der Waals surface area (Å²) in [5.41, 5.74) is 0.994. The average Bonchev–Trinajstić information content (AvgIpc) is 2.82. The van der Waals surface area contributed by atoms with Crippen LogP contribution in [0.25, 0.3) is 0 Å². The van der Waals surface area contributed by atoms with Gasteiger partial charge in [-0.05, 0) is 49.2 Å². The van der Waals surface area contributed by atoms with Gasteiger partial charge in [0.2, 0.25) is 0 Å². The average molecular weight is 280 g/mol. The van der Waals surface area contributed by atoms with E-state index >= 15 is 0 Å². The topological polar surface area (TPSA) is 34.4 Å². The fraction of sp³-hybridized carbons (Fsp3) is 0.333. The molecule has 1 N–H and O–H groups in total. The van der Waals surface area contributed by atoms with Crippen molar-refractivity contribution in [1.29, 1.82) is 0 Å². The third-order valence-electron chi connectivity index (χ3n) is 2.84. The maximum atomic E-state index is 5.78. The van der Waals surface area contributed by atoms with Crippen molar-refractivity contribution in [2.75, 3.05) is 5.32 Å². The molecule has 1 aromatic carbocycles. The molecule has 2 rings (SSSR count). The van der Waals surface area contributed by atoms with Crippen LogP contribution in [0.1, 0.15) is 26.0 Å². The number of hydrogen-bond donors (Lipinski definition) is 1. The quantitative estimate of drug-likeness (QED) is 0.831. The zero-order valence-corrected chi connectivity index (χ0v) is 11.9. The number of halogens is 1. The molecule has 0 amide bonds. The molecule has 2 aromatic rings. The zero-order valence-electron chi connectivity index (χ0n) is 11.2. The smallest absolute Gasteiger partial charge is 0.193 e. The first-order chi connectivity index (χ1) is 9.17. The van der Waals surface area contributed by atoms with Crippen LogP contribution in [0.5, 0.6) is 5.75 Å². The lowest BCUT2D eigenvalue weighted by Gasteiger charge is -2.13. The van der Waals surface area contributed by atoms with Gasteiger partial charge in [0.25, 0.3) is 0 Å². The molecule has 4 heteroatoms. The Morgan fingerprint density at radius 3 is 2.84 bits per heavy atom. The second-order valence-corrected chi connectivity index (χ2v) is 4.80. The van der Waals surface area contributed by atoms with E-state index < -0.39 is 0 Å². The number of nitrogens with one attached hydrogen (secondary N) is 1. The molecule has 1 atom stereocenters. The largest absolute Gasteiger partial charge is 0.491 e. The summed E-state index contributed by atoms with van der Waals surface area (Å²) in [5, 5.41) is 3.68. The number of benzene rings is 1. The summed E-state index contributed by atoms with van der Waals surface area (Å²) in [7, 11) is 0. The Kier molecular flexibility index (Phi) is 4.74. The molecule has 0 spiro atoms. The second kappa shape index (κ2) is 6.53. The van der Waals surface area contributed by atoms with Gasteiger partial charge in [0, 0.05) is 11.8 Å². The van der Waals surface area contributed by atoms with Crippen LogP contribution in [0.15, 0.2) is 40.8 Å². The first kappa shape index (κ1) is 13.8. The van der Waals surface area contributed by atoms with Crippen LogP contribution < -0.4 is 10.1 Å². The van der Waals surface area contributed by atoms with Gasteiger partial charge in [0.15, 0.2) is 5.22 Å². The van der Waals surface area contributed by atoms with Gasteiger partial charge in [0.05, 0.1) is 12.6 Å². The molecule has 3 nitrogen and oxygen atoms in total. The molecule has 0 saturated heterocycles. The molecule has 0 fully saturated rings. The third kappa shape index (κ3) is 4.21. The van der Waals surface area contributed by atoms with Gasteiger partial charge in [-0.25, -0.2) is 0 Å². The predicted molar refractivity (Wildman–Crippen MR) is 77.9 cm³/mol. The van der Waals surface area contributed by atoms with Crippen molar-refractivity contribution >= 4 is 17.3 Å². The Bertz CT molecular complexity index is 524. The summed E-state index contributed by atoms with van der Waals surface area (Å²) >= 11 is 5.73. The summed E-state index contributed by atoms with van der Waals surface area (Å²) in [5.74, 6) is 1.68. The highest BCUT2D eigenvalue weighted by molar-refractivity contribution is 6.28. The fourth-order valence-electron chi connectivity index (χ4n) is 1.63. The molecule has 0 aliphatic heterocycles. The molecule has 1 heterocycles. The normalized spacial score (nSPS) is 12.2. The Morgan fingerprint density at radius 1 is 1.32 bits per heavy atom. The number of ether oxygens (including phenoxy) is 1. The summed E-state index contributed by atoms with van der Waals surface area (Å²) < 4.78 is 11.1. The molecular weight excluding hydrogens is 262 g/mol. The van der Waals surface area contributed by atoms with Crippen LogP contribution in [0, 0.1) is 0 Å². The standard InChI is InChI=1S/C15H18ClNO2/c1-3-11(2)18-13-6-4-5-12(9-13)17-10-14-7-8-15(16)19-14/h4-9,11,17H,3,10H2,1-2H3. The number of rotatable bonds is 6. The minimum atomic E-state index is 0.221. The predicted octanol–water partition coefficient (Wildman–Crippen LogP) is 4.72. The van der Waals surface area contributed by atoms with Crippen LogP contribution in [-0.4, -0.2) is 6.10 Å². The third-order valence-corrected chi connectivity index (χ3v) is 3.04. The van der Waals surface area contributed by atoms with Gasteiger partial charge in [-0.15, -0.1) is 0 Å². The van der Waals surface area contributed by atoms with Crippen LogP contribution in [0.3, 0.4) is 0 Å². The van der Waals surface area contributed by atoms with E-state index in [1.807, 2.05) is 30.3 Å². The van der Waals surface area contributed by atoms with E-state index in [4.69, 9.17) is 20.8 Å². The number of hydrogen-bond acceptors (Lipinski definition) is 3. The van der Waals surface area contributed by atoms with E-state index in [2.05, 4.69) is 19.2 Å². The molecule has 1 aromatic heterocycles. The molecule has 19 heavy (non-hydrogen) atoms. The van der Waals surface area contributed by atoms with Gasteiger partial charge in [-0.1, -0.05) is 13.0 Å². The van der Waals surface area contributed by atoms with E-state index in [0.29, 0.717) is 11.8 Å². The van der Waals surface area contributed by atoms with Crippen LogP contribution in [0.4, 0.5) is 5.69 Å². The monoisotopic (exact) mass is 279 g/mol. The van der Waals surface area contributed by atoms with Crippen molar-refractivity contribution < 1.29 is 9.15 Å². The lowest BCUT2D eigenvalue weighted by atomic mass is 10.2. The number of furan rings is 1. The van der Waals surface area contributed by atoms with Gasteiger partial charge >= 0.3 is 0 Å². The van der Waals surface area contributed by atoms with Gasteiger partial charge < -0.3 is 14.5 Å². The molecular formula is C15H18ClNO2. The highest BCUT2D eigenvalue weighted by atomic mass is 35.5. The molecule has 0 aliphatic carbocycles. The SMILES string of the molecule is CCC(C)Oc1cccc(NCc2ccc(Cl)o2)c1. The van der Waals surface area contributed by atoms with E-state index in [-0.39, 0.29) is 6.10 Å². The van der Waals surface area contributed by atoms with Crippen molar-refractivity contribution in [2.24, 2.45) is 0 Å². The maximum Gasteiger partial charge on any atom is 0.193 e. The zero-order chi connectivity index (χ0) is 13.7. The summed E-state index contributed by atoms with van der Waals surface area (Å²) in [4.78, 5) is 0. The van der Waals surface area contributed by atoms with E-state index in [0.717, 1.165) is 23.6 Å². The second-order valence-electron chi connectivity index (χ2n) is 4.42. The Morgan fingerprint density at radius 2 is 2.16 bits per heavy atom. The first-order valence-electron chi connectivity index (χ1n) is 6.42. The fourth-order valence-corrected chi connectivity index (χ4v) is 1.79. The molecule has 102 valence electrons. The lowest BCUT2D eigenvalue weighted by Crippen LogP contribution is -2.09. The Labute approximate surface area is 118 Å². The summed E-state index contributed by atoms with van der Waals surface area (Å²) in [6.45, 7) is 4.76. The lowest BCUT2D eigenvalue weighted by molar-refractivity contribution is 0.217. The Hall–Kier alpha value is -1.61. The van der Waals surface area contributed by atoms with Gasteiger partial charge in [-0.3, -0.25) is 0 Å². The van der Waals surface area contributed by atoms with E-state index in [1.54, 1.807) is 6.07 Å². The molecule has 0 bridgehead atoms. The van der Waals surface area contributed by atoms with Crippen molar-refractivity contribution in [3.8, 4) is 5.75 Å². The molecule has 0 aliphatic rings. The highest BCUT2D eigenvalue weighted by Gasteiger charge is 2.03.